The molecule has 2 heterocycles. The normalized spacial score (nSPS) is 11.8. The number of nitrogen functional groups attached to an aromatic ring is 1. The Morgan fingerprint density at radius 3 is 2.31 bits per heavy atom. The van der Waals surface area contributed by atoms with Crippen molar-refractivity contribution in [2.45, 2.75) is 18.0 Å². The molecule has 220 valence electrons. The minimum absolute atomic E-state index is 0.0545. The predicted octanol–water partition coefficient (Wildman–Crippen LogP) is 5.87. The Morgan fingerprint density at radius 1 is 1.02 bits per heavy atom. The van der Waals surface area contributed by atoms with Crippen molar-refractivity contribution in [3.05, 3.63) is 77.7 Å². The maximum Gasteiger partial charge on any atom is 0.416 e. The zero-order chi connectivity index (χ0) is 30.7. The molecule has 0 saturated heterocycles. The molecular weight excluding hydrogens is 599 g/mol. The summed E-state index contributed by atoms with van der Waals surface area (Å²) in [5.74, 6) is 0.698. The lowest BCUT2D eigenvalue weighted by atomic mass is 10.1. The number of nitrogens with zero attached hydrogens (tertiary/aromatic N) is 4. The molecule has 0 atom stereocenters. The molecule has 2 aromatic heterocycles. The van der Waals surface area contributed by atoms with Crippen molar-refractivity contribution in [2.75, 3.05) is 30.0 Å². The number of urea groups is 1. The van der Waals surface area contributed by atoms with Gasteiger partial charge in [-0.2, -0.15) is 13.2 Å². The van der Waals surface area contributed by atoms with Gasteiger partial charge in [0.1, 0.15) is 16.5 Å². The molecule has 0 bridgehead atoms. The Hall–Kier alpha value is -4.47. The average molecular weight is 622 g/mol. The van der Waals surface area contributed by atoms with E-state index in [0.29, 0.717) is 34.3 Å². The van der Waals surface area contributed by atoms with Crippen LogP contribution in [0, 0.1) is 0 Å². The number of rotatable bonds is 8. The van der Waals surface area contributed by atoms with Gasteiger partial charge < -0.3 is 21.1 Å². The fourth-order valence-electron chi connectivity index (χ4n) is 3.57. The van der Waals surface area contributed by atoms with Gasteiger partial charge in [0.05, 0.1) is 34.4 Å². The van der Waals surface area contributed by atoms with Crippen LogP contribution in [0.1, 0.15) is 12.5 Å². The van der Waals surface area contributed by atoms with E-state index >= 15 is 0 Å². The van der Waals surface area contributed by atoms with Gasteiger partial charge in [0.25, 0.3) is 0 Å². The molecule has 4 rings (SSSR count). The Kier molecular flexibility index (Phi) is 8.84. The molecule has 4 N–H and O–H groups in total. The zero-order valence-corrected chi connectivity index (χ0v) is 23.5. The first kappa shape index (κ1) is 30.5. The predicted molar refractivity (Wildman–Crippen MR) is 151 cm³/mol. The maximum atomic E-state index is 13.3. The quantitative estimate of drug-likeness (QED) is 0.221. The van der Waals surface area contributed by atoms with Gasteiger partial charge in [-0.1, -0.05) is 30.7 Å². The summed E-state index contributed by atoms with van der Waals surface area (Å²) in [7, 11) is -2.93. The molecular formula is C26H23ClF3N7O4S. The number of pyridine rings is 1. The first-order valence-electron chi connectivity index (χ1n) is 12.0. The Bertz CT molecular complexity index is 1700. The SMILES string of the molecule is CCN(C)S(=O)(=O)c1ccc(C(F)(F)F)cc1NC(=O)Nc1cnc(Oc2ccc(-c3cc(Cl)cnc3N)cc2)nc1. The van der Waals surface area contributed by atoms with E-state index in [-0.39, 0.29) is 18.2 Å². The molecule has 2 amide bonds. The minimum atomic E-state index is -4.77. The molecule has 0 spiro atoms. The van der Waals surface area contributed by atoms with Crippen LogP contribution in [0.4, 0.5) is 35.2 Å². The van der Waals surface area contributed by atoms with Crippen molar-refractivity contribution in [1.82, 2.24) is 19.3 Å². The molecule has 2 aromatic carbocycles. The standard InChI is InChI=1S/C26H23ClF3N7O4S/c1-3-37(2)42(39,40)22-9-6-16(26(28,29)30)10-21(22)36-24(38)35-18-13-33-25(34-14-18)41-19-7-4-15(5-8-19)20-11-17(27)12-32-23(20)31/h4-14H,3H2,1-2H3,(H2,31,32)(H2,35,36,38). The summed E-state index contributed by atoms with van der Waals surface area (Å²) < 4.78 is 72.1. The third-order valence-electron chi connectivity index (χ3n) is 5.83. The number of alkyl halides is 3. The van der Waals surface area contributed by atoms with Crippen LogP contribution in [0.25, 0.3) is 11.1 Å². The van der Waals surface area contributed by atoms with Crippen LogP contribution in [-0.2, 0) is 16.2 Å². The van der Waals surface area contributed by atoms with Gasteiger partial charge in [-0.05, 0) is 42.0 Å². The van der Waals surface area contributed by atoms with Crippen molar-refractivity contribution in [2.24, 2.45) is 0 Å². The number of amides is 2. The summed E-state index contributed by atoms with van der Waals surface area (Å²) in [6.07, 6.45) is -0.932. The highest BCUT2D eigenvalue weighted by atomic mass is 35.5. The molecule has 11 nitrogen and oxygen atoms in total. The van der Waals surface area contributed by atoms with Crippen LogP contribution >= 0.6 is 11.6 Å². The van der Waals surface area contributed by atoms with E-state index in [1.807, 2.05) is 0 Å². The van der Waals surface area contributed by atoms with Crippen LogP contribution in [0.15, 0.2) is 72.0 Å². The van der Waals surface area contributed by atoms with Crippen molar-refractivity contribution >= 4 is 44.8 Å². The molecule has 0 aliphatic heterocycles. The van der Waals surface area contributed by atoms with E-state index in [0.717, 1.165) is 15.9 Å². The molecule has 42 heavy (non-hydrogen) atoms. The summed E-state index contributed by atoms with van der Waals surface area (Å²) >= 11 is 6.00. The number of aromatic nitrogens is 3. The molecule has 0 unspecified atom stereocenters. The number of carbonyl (C=O) groups excluding carboxylic acids is 1. The van der Waals surface area contributed by atoms with E-state index < -0.39 is 38.4 Å². The molecule has 0 fully saturated rings. The van der Waals surface area contributed by atoms with Gasteiger partial charge in [0.15, 0.2) is 0 Å². The second-order valence-corrected chi connectivity index (χ2v) is 11.1. The molecule has 16 heteroatoms. The summed E-state index contributed by atoms with van der Waals surface area (Å²) in [5, 5.41) is 4.95. The highest BCUT2D eigenvalue weighted by Crippen LogP contribution is 2.35. The topological polar surface area (TPSA) is 152 Å². The highest BCUT2D eigenvalue weighted by Gasteiger charge is 2.33. The number of carbonyl (C=O) groups is 1. The average Bonchev–Trinajstić information content (AvgIpc) is 2.94. The summed E-state index contributed by atoms with van der Waals surface area (Å²) in [4.78, 5) is 24.1. The van der Waals surface area contributed by atoms with Gasteiger partial charge >= 0.3 is 18.2 Å². The number of sulfonamides is 1. The number of nitrogens with one attached hydrogen (secondary N) is 2. The maximum absolute atomic E-state index is 13.3. The molecule has 0 aliphatic rings. The van der Waals surface area contributed by atoms with E-state index in [2.05, 4.69) is 25.6 Å². The van der Waals surface area contributed by atoms with E-state index in [9.17, 15) is 26.4 Å². The van der Waals surface area contributed by atoms with Gasteiger partial charge in [-0.25, -0.2) is 32.5 Å². The number of hydrogen-bond acceptors (Lipinski definition) is 8. The second-order valence-electron chi connectivity index (χ2n) is 8.67. The molecule has 0 aliphatic carbocycles. The molecule has 0 saturated carbocycles. The first-order chi connectivity index (χ1) is 19.8. The highest BCUT2D eigenvalue weighted by molar-refractivity contribution is 7.89. The largest absolute Gasteiger partial charge is 0.424 e. The Morgan fingerprint density at radius 2 is 1.69 bits per heavy atom. The number of halogens is 4. The zero-order valence-electron chi connectivity index (χ0n) is 22.0. The summed E-state index contributed by atoms with van der Waals surface area (Å²) in [5.41, 5.74) is 5.67. The van der Waals surface area contributed by atoms with Gasteiger partial charge in [0.2, 0.25) is 10.0 Å². The van der Waals surface area contributed by atoms with Gasteiger partial charge in [-0.15, -0.1) is 0 Å². The van der Waals surface area contributed by atoms with E-state index in [1.165, 1.54) is 25.6 Å². The van der Waals surface area contributed by atoms with E-state index in [1.54, 1.807) is 37.3 Å². The van der Waals surface area contributed by atoms with Gasteiger partial charge in [0, 0.05) is 25.4 Å². The van der Waals surface area contributed by atoms with Crippen molar-refractivity contribution < 1.29 is 31.1 Å². The van der Waals surface area contributed by atoms with Crippen LogP contribution in [-0.4, -0.2) is 47.3 Å². The monoisotopic (exact) mass is 621 g/mol. The lowest BCUT2D eigenvalue weighted by Gasteiger charge is -2.19. The van der Waals surface area contributed by atoms with Crippen LogP contribution in [0.5, 0.6) is 11.8 Å². The lowest BCUT2D eigenvalue weighted by molar-refractivity contribution is -0.137. The number of hydrogen-bond donors (Lipinski definition) is 3. The van der Waals surface area contributed by atoms with Crippen LogP contribution in [0.2, 0.25) is 5.02 Å². The number of nitrogens with two attached hydrogens (primary N) is 1. The summed E-state index contributed by atoms with van der Waals surface area (Å²) in [6.45, 7) is 1.61. The van der Waals surface area contributed by atoms with Crippen LogP contribution in [0.3, 0.4) is 0 Å². The van der Waals surface area contributed by atoms with Crippen molar-refractivity contribution in [3.8, 4) is 22.9 Å². The Labute approximate surface area is 243 Å². The fourth-order valence-corrected chi connectivity index (χ4v) is 5.04. The number of anilines is 3. The molecule has 4 aromatic rings. The smallest absolute Gasteiger partial charge is 0.416 e. The second kappa shape index (κ2) is 12.2. The third-order valence-corrected chi connectivity index (χ3v) is 8.03. The third kappa shape index (κ3) is 7.05. The number of benzene rings is 2. The molecule has 0 radical (unpaired) electrons. The fraction of sp³-hybridized carbons (Fsp3) is 0.154. The summed E-state index contributed by atoms with van der Waals surface area (Å²) in [6, 6.07) is 9.34. The van der Waals surface area contributed by atoms with Crippen molar-refractivity contribution in [1.29, 1.82) is 0 Å². The minimum Gasteiger partial charge on any atom is -0.424 e. The Balaban J connectivity index is 1.46. The van der Waals surface area contributed by atoms with E-state index in [4.69, 9.17) is 22.1 Å². The van der Waals surface area contributed by atoms with Crippen molar-refractivity contribution in [3.63, 3.8) is 0 Å². The number of ether oxygens (including phenoxy) is 1. The van der Waals surface area contributed by atoms with Crippen LogP contribution < -0.4 is 21.1 Å². The van der Waals surface area contributed by atoms with Gasteiger partial charge in [-0.3, -0.25) is 0 Å². The lowest BCUT2D eigenvalue weighted by Crippen LogP contribution is -2.29. The first-order valence-corrected chi connectivity index (χ1v) is 13.9.